The molecule has 0 atom stereocenters. The van der Waals surface area contributed by atoms with Crippen LogP contribution in [-0.2, 0) is 11.3 Å². The summed E-state index contributed by atoms with van der Waals surface area (Å²) >= 11 is 0. The van der Waals surface area contributed by atoms with Crippen molar-refractivity contribution in [2.75, 3.05) is 7.11 Å². The summed E-state index contributed by atoms with van der Waals surface area (Å²) in [6.07, 6.45) is 1.70. The molecule has 0 aliphatic carbocycles. The van der Waals surface area contributed by atoms with Crippen LogP contribution in [0.4, 0.5) is 10.1 Å². The highest BCUT2D eigenvalue weighted by molar-refractivity contribution is 5.91. The number of fused-ring (bicyclic) bond motifs is 1. The van der Waals surface area contributed by atoms with Gasteiger partial charge in [-0.2, -0.15) is 0 Å². The van der Waals surface area contributed by atoms with Crippen LogP contribution in [0, 0.1) is 15.9 Å². The molecule has 6 nitrogen and oxygen atoms in total. The Bertz CT molecular complexity index is 949. The number of ether oxygens (including phenoxy) is 1. The predicted molar refractivity (Wildman–Crippen MR) is 85.4 cm³/mol. The van der Waals surface area contributed by atoms with Gasteiger partial charge in [-0.1, -0.05) is 12.1 Å². The Kier molecular flexibility index (Phi) is 3.99. The molecule has 0 saturated carbocycles. The normalized spacial score (nSPS) is 10.8. The van der Waals surface area contributed by atoms with Crippen LogP contribution in [0.1, 0.15) is 15.9 Å². The van der Waals surface area contributed by atoms with E-state index in [4.69, 9.17) is 0 Å². The number of nitro groups is 1. The highest BCUT2D eigenvalue weighted by atomic mass is 19.1. The van der Waals surface area contributed by atoms with Crippen LogP contribution in [0.5, 0.6) is 0 Å². The quantitative estimate of drug-likeness (QED) is 0.417. The average Bonchev–Trinajstić information content (AvgIpc) is 2.98. The summed E-state index contributed by atoms with van der Waals surface area (Å²) in [5.74, 6) is -1.17. The van der Waals surface area contributed by atoms with Crippen LogP contribution in [0.2, 0.25) is 0 Å². The summed E-state index contributed by atoms with van der Waals surface area (Å²) in [4.78, 5) is 22.5. The van der Waals surface area contributed by atoms with Crippen molar-refractivity contribution in [1.82, 2.24) is 4.57 Å². The highest BCUT2D eigenvalue weighted by Crippen LogP contribution is 2.27. The van der Waals surface area contributed by atoms with E-state index in [2.05, 4.69) is 4.74 Å². The van der Waals surface area contributed by atoms with Crippen molar-refractivity contribution in [1.29, 1.82) is 0 Å². The van der Waals surface area contributed by atoms with Crippen LogP contribution in [0.25, 0.3) is 10.9 Å². The molecule has 0 unspecified atom stereocenters. The fraction of sp³-hybridized carbons (Fsp3) is 0.118. The number of aromatic nitrogens is 1. The molecule has 3 aromatic rings. The van der Waals surface area contributed by atoms with Crippen molar-refractivity contribution >= 4 is 22.6 Å². The summed E-state index contributed by atoms with van der Waals surface area (Å²) in [7, 11) is 1.23. The number of nitro benzene ring substituents is 1. The Morgan fingerprint density at radius 1 is 1.29 bits per heavy atom. The Hall–Kier alpha value is -3.22. The lowest BCUT2D eigenvalue weighted by Gasteiger charge is -2.10. The van der Waals surface area contributed by atoms with Gasteiger partial charge < -0.3 is 9.30 Å². The van der Waals surface area contributed by atoms with E-state index in [1.165, 1.54) is 25.3 Å². The number of esters is 1. The molecule has 0 N–H and O–H groups in total. The zero-order valence-electron chi connectivity index (χ0n) is 12.7. The summed E-state index contributed by atoms with van der Waals surface area (Å²) in [5.41, 5.74) is 1.36. The van der Waals surface area contributed by atoms with Gasteiger partial charge in [0.2, 0.25) is 0 Å². The predicted octanol–water partition coefficient (Wildman–Crippen LogP) is 3.52. The van der Waals surface area contributed by atoms with Crippen molar-refractivity contribution in [3.63, 3.8) is 0 Å². The number of non-ortho nitro benzene ring substituents is 1. The number of carbonyl (C=O) groups excluding carboxylic acids is 1. The number of rotatable bonds is 4. The molecule has 1 aromatic heterocycles. The third kappa shape index (κ3) is 2.71. The van der Waals surface area contributed by atoms with Crippen LogP contribution in [0.3, 0.4) is 0 Å². The number of hydrogen-bond acceptors (Lipinski definition) is 4. The first-order chi connectivity index (χ1) is 11.5. The van der Waals surface area contributed by atoms with Gasteiger partial charge >= 0.3 is 5.97 Å². The van der Waals surface area contributed by atoms with Gasteiger partial charge in [0, 0.05) is 18.8 Å². The third-order valence-electron chi connectivity index (χ3n) is 3.81. The molecular weight excluding hydrogens is 315 g/mol. The third-order valence-corrected chi connectivity index (χ3v) is 3.81. The minimum atomic E-state index is -0.632. The van der Waals surface area contributed by atoms with Crippen molar-refractivity contribution in [3.8, 4) is 0 Å². The van der Waals surface area contributed by atoms with Crippen molar-refractivity contribution in [2.45, 2.75) is 6.54 Å². The molecule has 0 fully saturated rings. The van der Waals surface area contributed by atoms with Crippen molar-refractivity contribution in [3.05, 3.63) is 75.7 Å². The van der Waals surface area contributed by atoms with Crippen molar-refractivity contribution in [2.24, 2.45) is 0 Å². The molecule has 122 valence electrons. The van der Waals surface area contributed by atoms with E-state index in [9.17, 15) is 19.3 Å². The zero-order valence-corrected chi connectivity index (χ0v) is 12.7. The number of methoxy groups -OCH3 is 1. The molecule has 0 aliphatic rings. The maximum absolute atomic E-state index is 13.4. The maximum Gasteiger partial charge on any atom is 0.338 e. The van der Waals surface area contributed by atoms with Gasteiger partial charge in [-0.05, 0) is 29.8 Å². The minimum absolute atomic E-state index is 0.0125. The molecule has 0 amide bonds. The Morgan fingerprint density at radius 3 is 2.79 bits per heavy atom. The average molecular weight is 328 g/mol. The van der Waals surface area contributed by atoms with E-state index >= 15 is 0 Å². The first-order valence-electron chi connectivity index (χ1n) is 7.10. The number of hydrogen-bond donors (Lipinski definition) is 0. The molecular formula is C17H13FN2O4. The van der Waals surface area contributed by atoms with E-state index in [1.54, 1.807) is 29.0 Å². The van der Waals surface area contributed by atoms with E-state index in [0.29, 0.717) is 16.5 Å². The molecule has 2 aromatic carbocycles. The van der Waals surface area contributed by atoms with Gasteiger partial charge in [0.05, 0.1) is 28.5 Å². The first kappa shape index (κ1) is 15.7. The summed E-state index contributed by atoms with van der Waals surface area (Å²) in [6, 6.07) is 10.3. The van der Waals surface area contributed by atoms with Crippen LogP contribution in [-0.4, -0.2) is 22.6 Å². The Labute approximate surface area is 136 Å². The van der Waals surface area contributed by atoms with E-state index < -0.39 is 16.7 Å². The summed E-state index contributed by atoms with van der Waals surface area (Å²) < 4.78 is 19.9. The van der Waals surface area contributed by atoms with Gasteiger partial charge in [-0.15, -0.1) is 0 Å². The maximum atomic E-state index is 13.4. The van der Waals surface area contributed by atoms with Crippen LogP contribution >= 0.6 is 0 Å². The molecule has 0 radical (unpaired) electrons. The lowest BCUT2D eigenvalue weighted by molar-refractivity contribution is -0.383. The largest absolute Gasteiger partial charge is 0.465 e. The molecule has 0 spiro atoms. The fourth-order valence-electron chi connectivity index (χ4n) is 2.67. The Balaban J connectivity index is 2.07. The molecule has 0 bridgehead atoms. The van der Waals surface area contributed by atoms with Crippen LogP contribution in [0.15, 0.2) is 48.7 Å². The molecule has 1 heterocycles. The molecule has 7 heteroatoms. The highest BCUT2D eigenvalue weighted by Gasteiger charge is 2.17. The van der Waals surface area contributed by atoms with Gasteiger partial charge in [0.1, 0.15) is 5.82 Å². The van der Waals surface area contributed by atoms with Gasteiger partial charge in [0.15, 0.2) is 0 Å². The number of benzene rings is 2. The second-order valence-electron chi connectivity index (χ2n) is 5.20. The zero-order chi connectivity index (χ0) is 17.3. The molecule has 24 heavy (non-hydrogen) atoms. The summed E-state index contributed by atoms with van der Waals surface area (Å²) in [6.45, 7) is 0.259. The van der Waals surface area contributed by atoms with Crippen LogP contribution < -0.4 is 0 Å². The number of nitrogens with zero attached hydrogens (tertiary/aromatic N) is 2. The smallest absolute Gasteiger partial charge is 0.338 e. The van der Waals surface area contributed by atoms with Gasteiger partial charge in [-0.3, -0.25) is 10.1 Å². The lowest BCUT2D eigenvalue weighted by Crippen LogP contribution is -2.09. The second-order valence-corrected chi connectivity index (χ2v) is 5.20. The van der Waals surface area contributed by atoms with E-state index in [0.717, 1.165) is 6.07 Å². The second kappa shape index (κ2) is 6.11. The summed E-state index contributed by atoms with van der Waals surface area (Å²) in [5, 5.41) is 11.6. The monoisotopic (exact) mass is 328 g/mol. The SMILES string of the molecule is COC(=O)c1cc(F)ccc1Cn1ccc2c([N+](=O)[O-])cccc21. The van der Waals surface area contributed by atoms with Gasteiger partial charge in [-0.25, -0.2) is 9.18 Å². The minimum Gasteiger partial charge on any atom is -0.465 e. The first-order valence-corrected chi connectivity index (χ1v) is 7.10. The van der Waals surface area contributed by atoms with Gasteiger partial charge in [0.25, 0.3) is 5.69 Å². The molecule has 0 aliphatic heterocycles. The topological polar surface area (TPSA) is 74.4 Å². The number of carbonyl (C=O) groups is 1. The van der Waals surface area contributed by atoms with E-state index in [-0.39, 0.29) is 17.8 Å². The Morgan fingerprint density at radius 2 is 2.08 bits per heavy atom. The molecule has 0 saturated heterocycles. The standard InChI is InChI=1S/C17H13FN2O4/c1-24-17(21)14-9-12(18)6-5-11(14)10-19-8-7-13-15(19)3-2-4-16(13)20(22)23/h2-9H,10H2,1H3. The fourth-order valence-corrected chi connectivity index (χ4v) is 2.67. The number of halogens is 1. The van der Waals surface area contributed by atoms with Crippen molar-refractivity contribution < 1.29 is 18.8 Å². The lowest BCUT2D eigenvalue weighted by atomic mass is 10.1. The van der Waals surface area contributed by atoms with E-state index in [1.807, 2.05) is 0 Å². The molecule has 3 rings (SSSR count).